The Hall–Kier alpha value is -1.66. The summed E-state index contributed by atoms with van der Waals surface area (Å²) in [5.74, 6) is -0.00626. The molecule has 0 aromatic rings. The first-order valence-corrected chi connectivity index (χ1v) is 42.6. The van der Waals surface area contributed by atoms with Crippen molar-refractivity contribution in [1.82, 2.24) is 5.32 Å². The van der Waals surface area contributed by atoms with Crippen molar-refractivity contribution < 1.29 is 24.5 Å². The maximum absolute atomic E-state index is 12.6. The minimum absolute atomic E-state index is 0.0173. The van der Waals surface area contributed by atoms with Crippen molar-refractivity contribution in [2.24, 2.45) is 0 Å². The SMILES string of the molecule is CCCCC/C=C\C/C=C\CCCCCCCCCC(=O)OCCCCCCCCCCCCCCCCCCCCCCCCCCCCCCCCCCCCCCCCCC(=O)NC(CO)C(O)CCCCCCCCCCCCCCCCCCCCC. The van der Waals surface area contributed by atoms with Crippen LogP contribution in [0.5, 0.6) is 0 Å². The fourth-order valence-electron chi connectivity index (χ4n) is 13.8. The molecule has 0 rings (SSSR count). The van der Waals surface area contributed by atoms with Crippen molar-refractivity contribution >= 4 is 11.9 Å². The summed E-state index contributed by atoms with van der Waals surface area (Å²) in [6, 6.07) is -0.537. The molecular weight excluding hydrogens is 1130 g/mol. The van der Waals surface area contributed by atoms with Crippen LogP contribution < -0.4 is 5.32 Å². The lowest BCUT2D eigenvalue weighted by molar-refractivity contribution is -0.143. The fraction of sp³-hybridized carbons (Fsp3) is 0.930. The van der Waals surface area contributed by atoms with Gasteiger partial charge >= 0.3 is 5.97 Å². The molecule has 6 heteroatoms. The van der Waals surface area contributed by atoms with Crippen molar-refractivity contribution in [1.29, 1.82) is 0 Å². The Labute approximate surface area is 577 Å². The van der Waals surface area contributed by atoms with E-state index in [2.05, 4.69) is 43.5 Å². The maximum Gasteiger partial charge on any atom is 0.305 e. The van der Waals surface area contributed by atoms with Crippen LogP contribution in [-0.4, -0.2) is 47.4 Å². The molecule has 3 N–H and O–H groups in total. The van der Waals surface area contributed by atoms with E-state index in [1.165, 1.54) is 405 Å². The fourth-order valence-corrected chi connectivity index (χ4v) is 13.8. The van der Waals surface area contributed by atoms with E-state index in [9.17, 15) is 19.8 Å². The molecule has 1 amide bonds. The molecule has 2 unspecified atom stereocenters. The standard InChI is InChI=1S/C86H167NO5/c1-3-5-7-9-11-13-15-17-19-21-43-47-50-54-58-62-66-70-74-78-84(89)83(82-88)87-85(90)79-75-71-67-63-59-55-51-48-44-41-39-37-35-33-31-29-27-25-23-22-24-26-28-30-32-34-36-38-40-42-45-49-53-57-61-65-69-73-77-81-92-86(91)80-76-72-68-64-60-56-52-46-20-18-16-14-12-10-8-6-4-2/h12,14,18,20,83-84,88-89H,3-11,13,15-17,19,21-82H2,1-2H3,(H,87,90)/b14-12-,20-18-. The lowest BCUT2D eigenvalue weighted by Gasteiger charge is -2.22. The number of aliphatic hydroxyl groups excluding tert-OH is 2. The maximum atomic E-state index is 12.6. The molecule has 0 aromatic heterocycles. The number of aliphatic hydroxyl groups is 2. The van der Waals surface area contributed by atoms with Gasteiger partial charge in [0.2, 0.25) is 5.91 Å². The lowest BCUT2D eigenvalue weighted by Crippen LogP contribution is -2.45. The summed E-state index contributed by atoms with van der Waals surface area (Å²) in [5.41, 5.74) is 0. The van der Waals surface area contributed by atoms with E-state index < -0.39 is 12.1 Å². The van der Waals surface area contributed by atoms with Crippen LogP contribution in [0.2, 0.25) is 0 Å². The van der Waals surface area contributed by atoms with Gasteiger partial charge < -0.3 is 20.3 Å². The number of unbranched alkanes of at least 4 members (excludes halogenated alkanes) is 66. The van der Waals surface area contributed by atoms with Gasteiger partial charge in [0.25, 0.3) is 0 Å². The Morgan fingerprint density at radius 1 is 0.304 bits per heavy atom. The molecule has 0 saturated carbocycles. The topological polar surface area (TPSA) is 95.9 Å². The van der Waals surface area contributed by atoms with Crippen LogP contribution in [0.1, 0.15) is 489 Å². The van der Waals surface area contributed by atoms with Crippen molar-refractivity contribution in [2.75, 3.05) is 13.2 Å². The summed E-state index contributed by atoms with van der Waals surface area (Å²) in [5, 5.41) is 23.4. The number of hydrogen-bond acceptors (Lipinski definition) is 5. The molecule has 0 spiro atoms. The Morgan fingerprint density at radius 3 is 0.848 bits per heavy atom. The second-order valence-corrected chi connectivity index (χ2v) is 29.5. The number of rotatable bonds is 81. The van der Waals surface area contributed by atoms with Crippen LogP contribution in [0, 0.1) is 0 Å². The Kier molecular flexibility index (Phi) is 80.3. The molecule has 0 heterocycles. The minimum Gasteiger partial charge on any atom is -0.466 e. The molecule has 0 radical (unpaired) electrons. The zero-order chi connectivity index (χ0) is 66.3. The monoisotopic (exact) mass is 1290 g/mol. The quantitative estimate of drug-likeness (QED) is 0.0320. The highest BCUT2D eigenvalue weighted by Crippen LogP contribution is 2.21. The van der Waals surface area contributed by atoms with E-state index in [-0.39, 0.29) is 18.5 Å². The van der Waals surface area contributed by atoms with Crippen molar-refractivity contribution in [3.05, 3.63) is 24.3 Å². The van der Waals surface area contributed by atoms with E-state index >= 15 is 0 Å². The number of allylic oxidation sites excluding steroid dienone is 4. The summed E-state index contributed by atoms with van der Waals surface area (Å²) < 4.78 is 5.51. The Balaban J connectivity index is 3.29. The second-order valence-electron chi connectivity index (χ2n) is 29.5. The Bertz CT molecular complexity index is 1450. The first-order valence-electron chi connectivity index (χ1n) is 42.6. The first kappa shape index (κ1) is 90.3. The predicted octanol–water partition coefficient (Wildman–Crippen LogP) is 28.4. The minimum atomic E-state index is -0.660. The number of amides is 1. The van der Waals surface area contributed by atoms with Gasteiger partial charge in [-0.1, -0.05) is 443 Å². The van der Waals surface area contributed by atoms with Gasteiger partial charge in [-0.05, 0) is 57.8 Å². The second kappa shape index (κ2) is 81.8. The molecule has 0 aromatic carbocycles. The van der Waals surface area contributed by atoms with E-state index in [0.29, 0.717) is 25.9 Å². The lowest BCUT2D eigenvalue weighted by atomic mass is 10.0. The number of esters is 1. The zero-order valence-electron chi connectivity index (χ0n) is 62.8. The molecule has 2 atom stereocenters. The molecule has 92 heavy (non-hydrogen) atoms. The molecule has 0 aliphatic carbocycles. The average Bonchev–Trinajstić information content (AvgIpc) is 3.56. The average molecular weight is 1300 g/mol. The van der Waals surface area contributed by atoms with Gasteiger partial charge in [0.15, 0.2) is 0 Å². The molecule has 546 valence electrons. The first-order chi connectivity index (χ1) is 45.5. The third-order valence-corrected chi connectivity index (χ3v) is 20.3. The summed E-state index contributed by atoms with van der Waals surface area (Å²) in [4.78, 5) is 24.7. The third-order valence-electron chi connectivity index (χ3n) is 20.3. The molecule has 0 aliphatic rings. The van der Waals surface area contributed by atoms with Crippen LogP contribution in [0.3, 0.4) is 0 Å². The number of ether oxygens (including phenoxy) is 1. The molecule has 0 bridgehead atoms. The number of carbonyl (C=O) groups excluding carboxylic acids is 2. The van der Waals surface area contributed by atoms with Crippen molar-refractivity contribution in [2.45, 2.75) is 501 Å². The highest BCUT2D eigenvalue weighted by atomic mass is 16.5. The van der Waals surface area contributed by atoms with Gasteiger partial charge in [-0.25, -0.2) is 0 Å². The molecule has 0 aliphatic heterocycles. The normalized spacial score (nSPS) is 12.5. The third kappa shape index (κ3) is 77.3. The number of nitrogens with one attached hydrogen (secondary N) is 1. The van der Waals surface area contributed by atoms with Crippen molar-refractivity contribution in [3.63, 3.8) is 0 Å². The summed E-state index contributed by atoms with van der Waals surface area (Å²) in [7, 11) is 0. The van der Waals surface area contributed by atoms with Crippen molar-refractivity contribution in [3.8, 4) is 0 Å². The van der Waals surface area contributed by atoms with E-state index in [0.717, 1.165) is 51.4 Å². The zero-order valence-corrected chi connectivity index (χ0v) is 62.8. The van der Waals surface area contributed by atoms with E-state index in [4.69, 9.17) is 4.74 Å². The van der Waals surface area contributed by atoms with E-state index in [1.807, 2.05) is 0 Å². The smallest absolute Gasteiger partial charge is 0.305 e. The summed E-state index contributed by atoms with van der Waals surface area (Å²) >= 11 is 0. The van der Waals surface area contributed by atoms with Crippen LogP contribution in [0.15, 0.2) is 24.3 Å². The van der Waals surface area contributed by atoms with Gasteiger partial charge in [-0.2, -0.15) is 0 Å². The van der Waals surface area contributed by atoms with Gasteiger partial charge in [-0.3, -0.25) is 9.59 Å². The number of carbonyl (C=O) groups is 2. The van der Waals surface area contributed by atoms with Gasteiger partial charge in [-0.15, -0.1) is 0 Å². The van der Waals surface area contributed by atoms with Gasteiger partial charge in [0.05, 0.1) is 25.4 Å². The number of hydrogen-bond donors (Lipinski definition) is 3. The van der Waals surface area contributed by atoms with Gasteiger partial charge in [0.1, 0.15) is 0 Å². The van der Waals surface area contributed by atoms with Crippen LogP contribution in [0.4, 0.5) is 0 Å². The predicted molar refractivity (Wildman–Crippen MR) is 407 cm³/mol. The summed E-state index contributed by atoms with van der Waals surface area (Å²) in [6.45, 7) is 4.98. The molecule has 0 fully saturated rings. The Morgan fingerprint density at radius 2 is 0.543 bits per heavy atom. The van der Waals surface area contributed by atoms with Crippen LogP contribution >= 0.6 is 0 Å². The highest BCUT2D eigenvalue weighted by molar-refractivity contribution is 5.76. The van der Waals surface area contributed by atoms with E-state index in [1.54, 1.807) is 0 Å². The van der Waals surface area contributed by atoms with Gasteiger partial charge in [0, 0.05) is 12.8 Å². The largest absolute Gasteiger partial charge is 0.466 e. The molecular formula is C86H167NO5. The van der Waals surface area contributed by atoms with Crippen LogP contribution in [0.25, 0.3) is 0 Å². The molecule has 0 saturated heterocycles. The highest BCUT2D eigenvalue weighted by Gasteiger charge is 2.20. The summed E-state index contributed by atoms with van der Waals surface area (Å²) in [6.07, 6.45) is 106. The van der Waals surface area contributed by atoms with Crippen LogP contribution in [-0.2, 0) is 14.3 Å². The molecule has 6 nitrogen and oxygen atoms in total.